The fourth-order valence-electron chi connectivity index (χ4n) is 1.64. The predicted molar refractivity (Wildman–Crippen MR) is 72.0 cm³/mol. The fourth-order valence-corrected chi connectivity index (χ4v) is 2.31. The minimum absolute atomic E-state index is 0.207. The molecular formula is C12H10N4O3S. The standard InChI is InChI=1S/C12H10N4O3S/c1-7-2-3-8(5-13)4-9(7)16-11(19)14-15-12(16)20-6-10(17)18/h2-4H,6H2,1H3,(H,14,19)(H,17,18). The topological polar surface area (TPSA) is 112 Å². The fraction of sp³-hybridized carbons (Fsp3) is 0.167. The third-order valence-corrected chi connectivity index (χ3v) is 3.47. The van der Waals surface area contributed by atoms with Crippen LogP contribution in [0.25, 0.3) is 5.69 Å². The number of nitriles is 1. The summed E-state index contributed by atoms with van der Waals surface area (Å²) >= 11 is 0.931. The van der Waals surface area contributed by atoms with Gasteiger partial charge in [-0.15, -0.1) is 5.10 Å². The number of carboxylic acid groups (broad SMARTS) is 1. The summed E-state index contributed by atoms with van der Waals surface area (Å²) in [7, 11) is 0. The Morgan fingerprint density at radius 3 is 3.00 bits per heavy atom. The molecule has 0 aliphatic rings. The van der Waals surface area contributed by atoms with Crippen LogP contribution in [-0.4, -0.2) is 31.6 Å². The second-order valence-corrected chi connectivity index (χ2v) is 4.88. The van der Waals surface area contributed by atoms with E-state index < -0.39 is 11.7 Å². The molecule has 0 saturated carbocycles. The molecule has 0 radical (unpaired) electrons. The summed E-state index contributed by atoms with van der Waals surface area (Å²) in [6.07, 6.45) is 0. The molecule has 2 rings (SSSR count). The predicted octanol–water partition coefficient (Wildman–Crippen LogP) is 0.917. The zero-order chi connectivity index (χ0) is 14.7. The van der Waals surface area contributed by atoms with E-state index in [2.05, 4.69) is 10.2 Å². The van der Waals surface area contributed by atoms with Gasteiger partial charge in [-0.3, -0.25) is 4.79 Å². The van der Waals surface area contributed by atoms with Gasteiger partial charge in [-0.2, -0.15) is 5.26 Å². The van der Waals surface area contributed by atoms with E-state index in [4.69, 9.17) is 10.4 Å². The van der Waals surface area contributed by atoms with Crippen molar-refractivity contribution in [2.75, 3.05) is 5.75 Å². The Bertz CT molecular complexity index is 757. The number of aromatic amines is 1. The number of aliphatic carboxylic acids is 1. The summed E-state index contributed by atoms with van der Waals surface area (Å²) in [6.45, 7) is 1.79. The zero-order valence-electron chi connectivity index (χ0n) is 10.5. The van der Waals surface area contributed by atoms with Crippen LogP contribution in [0, 0.1) is 18.3 Å². The first-order chi connectivity index (χ1) is 9.52. The monoisotopic (exact) mass is 290 g/mol. The van der Waals surface area contributed by atoms with E-state index in [1.54, 1.807) is 25.1 Å². The molecule has 0 aliphatic carbocycles. The Balaban J connectivity index is 2.52. The van der Waals surface area contributed by atoms with E-state index in [1.165, 1.54) is 4.57 Å². The molecule has 0 saturated heterocycles. The van der Waals surface area contributed by atoms with E-state index >= 15 is 0 Å². The van der Waals surface area contributed by atoms with Crippen molar-refractivity contribution in [3.05, 3.63) is 39.8 Å². The third-order valence-electron chi connectivity index (χ3n) is 2.55. The van der Waals surface area contributed by atoms with Gasteiger partial charge in [0.1, 0.15) is 0 Å². The van der Waals surface area contributed by atoms with Crippen LogP contribution in [-0.2, 0) is 4.79 Å². The first kappa shape index (κ1) is 13.9. The average Bonchev–Trinajstić information content (AvgIpc) is 2.78. The molecule has 102 valence electrons. The normalized spacial score (nSPS) is 10.2. The second-order valence-electron chi connectivity index (χ2n) is 3.94. The van der Waals surface area contributed by atoms with Crippen LogP contribution in [0.3, 0.4) is 0 Å². The number of hydrogen-bond donors (Lipinski definition) is 2. The first-order valence-electron chi connectivity index (χ1n) is 5.56. The van der Waals surface area contributed by atoms with Gasteiger partial charge in [0.2, 0.25) is 0 Å². The lowest BCUT2D eigenvalue weighted by Gasteiger charge is -2.08. The number of rotatable bonds is 4. The summed E-state index contributed by atoms with van der Waals surface area (Å²) in [5.41, 5.74) is 1.23. The Hall–Kier alpha value is -2.53. The minimum atomic E-state index is -1.00. The average molecular weight is 290 g/mol. The van der Waals surface area contributed by atoms with E-state index in [9.17, 15) is 9.59 Å². The number of carboxylic acids is 1. The van der Waals surface area contributed by atoms with E-state index in [0.29, 0.717) is 11.3 Å². The number of nitrogens with zero attached hydrogens (tertiary/aromatic N) is 3. The van der Waals surface area contributed by atoms with E-state index in [0.717, 1.165) is 17.3 Å². The maximum atomic E-state index is 11.8. The van der Waals surface area contributed by atoms with Gasteiger partial charge in [-0.05, 0) is 24.6 Å². The van der Waals surface area contributed by atoms with Gasteiger partial charge in [-0.1, -0.05) is 17.8 Å². The Morgan fingerprint density at radius 2 is 2.35 bits per heavy atom. The number of hydrogen-bond acceptors (Lipinski definition) is 5. The number of carbonyl (C=O) groups is 1. The molecule has 0 atom stereocenters. The number of nitrogens with one attached hydrogen (secondary N) is 1. The SMILES string of the molecule is Cc1ccc(C#N)cc1-n1c(SCC(=O)O)n[nH]c1=O. The third kappa shape index (κ3) is 2.73. The van der Waals surface area contributed by atoms with Crippen LogP contribution >= 0.6 is 11.8 Å². The number of thioether (sulfide) groups is 1. The van der Waals surface area contributed by atoms with Gasteiger partial charge < -0.3 is 5.11 Å². The molecule has 0 spiro atoms. The van der Waals surface area contributed by atoms with Gasteiger partial charge in [0.15, 0.2) is 5.16 Å². The molecule has 0 bridgehead atoms. The summed E-state index contributed by atoms with van der Waals surface area (Å²) in [5, 5.41) is 23.9. The molecule has 0 aliphatic heterocycles. The minimum Gasteiger partial charge on any atom is -0.481 e. The molecule has 2 aromatic rings. The number of H-pyrrole nitrogens is 1. The van der Waals surface area contributed by atoms with Crippen LogP contribution in [0.15, 0.2) is 28.2 Å². The van der Waals surface area contributed by atoms with E-state index in [1.807, 2.05) is 6.07 Å². The van der Waals surface area contributed by atoms with Gasteiger partial charge >= 0.3 is 11.7 Å². The lowest BCUT2D eigenvalue weighted by atomic mass is 10.1. The molecule has 2 N–H and O–H groups in total. The van der Waals surface area contributed by atoms with Crippen LogP contribution in [0.2, 0.25) is 0 Å². The summed E-state index contributed by atoms with van der Waals surface area (Å²) in [5.74, 6) is -1.21. The number of aromatic nitrogens is 3. The largest absolute Gasteiger partial charge is 0.481 e. The van der Waals surface area contributed by atoms with Gasteiger partial charge in [0.05, 0.1) is 23.1 Å². The Kier molecular flexibility index (Phi) is 3.91. The lowest BCUT2D eigenvalue weighted by Crippen LogP contribution is -2.17. The van der Waals surface area contributed by atoms with Crippen LogP contribution in [0.5, 0.6) is 0 Å². The molecule has 1 aromatic heterocycles. The molecule has 7 nitrogen and oxygen atoms in total. The van der Waals surface area contributed by atoms with Crippen molar-refractivity contribution in [2.45, 2.75) is 12.1 Å². The van der Waals surface area contributed by atoms with Gasteiger partial charge in [-0.25, -0.2) is 14.5 Å². The molecule has 0 fully saturated rings. The molecular weight excluding hydrogens is 280 g/mol. The molecule has 0 unspecified atom stereocenters. The zero-order valence-corrected chi connectivity index (χ0v) is 11.3. The molecule has 1 heterocycles. The van der Waals surface area contributed by atoms with Crippen molar-refractivity contribution in [3.63, 3.8) is 0 Å². The number of aryl methyl sites for hydroxylation is 1. The van der Waals surface area contributed by atoms with Crippen molar-refractivity contribution >= 4 is 17.7 Å². The van der Waals surface area contributed by atoms with Crippen molar-refractivity contribution in [3.8, 4) is 11.8 Å². The second kappa shape index (κ2) is 5.63. The highest BCUT2D eigenvalue weighted by atomic mass is 32.2. The quantitative estimate of drug-likeness (QED) is 0.810. The van der Waals surface area contributed by atoms with Crippen LogP contribution < -0.4 is 5.69 Å². The molecule has 1 aromatic carbocycles. The lowest BCUT2D eigenvalue weighted by molar-refractivity contribution is -0.133. The highest BCUT2D eigenvalue weighted by molar-refractivity contribution is 7.99. The maximum absolute atomic E-state index is 11.8. The van der Waals surface area contributed by atoms with Crippen molar-refractivity contribution in [1.29, 1.82) is 5.26 Å². The van der Waals surface area contributed by atoms with Crippen molar-refractivity contribution in [2.24, 2.45) is 0 Å². The van der Waals surface area contributed by atoms with Crippen molar-refractivity contribution in [1.82, 2.24) is 14.8 Å². The molecule has 8 heteroatoms. The maximum Gasteiger partial charge on any atom is 0.348 e. The highest BCUT2D eigenvalue weighted by Crippen LogP contribution is 2.20. The summed E-state index contributed by atoms with van der Waals surface area (Å²) < 4.78 is 1.27. The van der Waals surface area contributed by atoms with Crippen molar-refractivity contribution < 1.29 is 9.90 Å². The Labute approximate surface area is 117 Å². The van der Waals surface area contributed by atoms with Crippen LogP contribution in [0.1, 0.15) is 11.1 Å². The van der Waals surface area contributed by atoms with E-state index in [-0.39, 0.29) is 10.9 Å². The smallest absolute Gasteiger partial charge is 0.348 e. The number of benzene rings is 1. The van der Waals surface area contributed by atoms with Crippen LogP contribution in [0.4, 0.5) is 0 Å². The Morgan fingerprint density at radius 1 is 1.60 bits per heavy atom. The molecule has 0 amide bonds. The molecule has 20 heavy (non-hydrogen) atoms. The summed E-state index contributed by atoms with van der Waals surface area (Å²) in [4.78, 5) is 22.4. The summed E-state index contributed by atoms with van der Waals surface area (Å²) in [6, 6.07) is 6.93. The first-order valence-corrected chi connectivity index (χ1v) is 6.54. The van der Waals surface area contributed by atoms with Gasteiger partial charge in [0.25, 0.3) is 0 Å². The highest BCUT2D eigenvalue weighted by Gasteiger charge is 2.14. The van der Waals surface area contributed by atoms with Gasteiger partial charge in [0, 0.05) is 0 Å².